The third-order valence-corrected chi connectivity index (χ3v) is 5.88. The number of halogens is 3. The second-order valence-corrected chi connectivity index (χ2v) is 7.83. The molecular formula is C23H27F3N2O. The van der Waals surface area contributed by atoms with Crippen LogP contribution in [0.25, 0.3) is 0 Å². The topological polar surface area (TPSA) is 15.7 Å². The Morgan fingerprint density at radius 2 is 1.66 bits per heavy atom. The SMILES string of the molecule is FC(F)(F)c1ccccc1N1CCN(CCCOc2ccc3c(c2)CCC3)CC1. The van der Waals surface area contributed by atoms with Crippen molar-refractivity contribution in [3.05, 3.63) is 59.2 Å². The van der Waals surface area contributed by atoms with E-state index in [0.717, 1.165) is 44.3 Å². The van der Waals surface area contributed by atoms with Gasteiger partial charge in [-0.2, -0.15) is 13.2 Å². The number of aryl methyl sites for hydroxylation is 2. The molecule has 2 aromatic carbocycles. The maximum Gasteiger partial charge on any atom is 0.418 e. The lowest BCUT2D eigenvalue weighted by Gasteiger charge is -2.37. The van der Waals surface area contributed by atoms with Crippen LogP contribution in [-0.2, 0) is 19.0 Å². The Balaban J connectivity index is 1.22. The van der Waals surface area contributed by atoms with Crippen molar-refractivity contribution in [3.63, 3.8) is 0 Å². The highest BCUT2D eigenvalue weighted by Crippen LogP contribution is 2.36. The quantitative estimate of drug-likeness (QED) is 0.644. The highest BCUT2D eigenvalue weighted by atomic mass is 19.4. The first kappa shape index (κ1) is 20.1. The van der Waals surface area contributed by atoms with Crippen LogP contribution >= 0.6 is 0 Å². The van der Waals surface area contributed by atoms with Crippen molar-refractivity contribution in [1.29, 1.82) is 0 Å². The van der Waals surface area contributed by atoms with Gasteiger partial charge in [0, 0.05) is 38.4 Å². The Morgan fingerprint density at radius 3 is 2.45 bits per heavy atom. The molecule has 1 heterocycles. The summed E-state index contributed by atoms with van der Waals surface area (Å²) in [5.74, 6) is 0.944. The molecule has 6 heteroatoms. The van der Waals surface area contributed by atoms with Crippen molar-refractivity contribution in [1.82, 2.24) is 4.90 Å². The highest BCUT2D eigenvalue weighted by Gasteiger charge is 2.35. The van der Waals surface area contributed by atoms with Crippen LogP contribution in [0, 0.1) is 0 Å². The number of ether oxygens (including phenoxy) is 1. The first-order chi connectivity index (χ1) is 14.0. The lowest BCUT2D eigenvalue weighted by atomic mass is 10.1. The van der Waals surface area contributed by atoms with Crippen LogP contribution in [-0.4, -0.2) is 44.2 Å². The van der Waals surface area contributed by atoms with Crippen LogP contribution in [0.5, 0.6) is 5.75 Å². The van der Waals surface area contributed by atoms with E-state index in [1.165, 1.54) is 30.0 Å². The number of benzene rings is 2. The van der Waals surface area contributed by atoms with E-state index < -0.39 is 11.7 Å². The number of hydrogen-bond donors (Lipinski definition) is 0. The van der Waals surface area contributed by atoms with Crippen LogP contribution < -0.4 is 9.64 Å². The summed E-state index contributed by atoms with van der Waals surface area (Å²) in [6.45, 7) is 4.32. The van der Waals surface area contributed by atoms with Gasteiger partial charge in [-0.25, -0.2) is 0 Å². The minimum atomic E-state index is -4.32. The van der Waals surface area contributed by atoms with E-state index in [1.54, 1.807) is 12.1 Å². The summed E-state index contributed by atoms with van der Waals surface area (Å²) in [4.78, 5) is 4.15. The number of nitrogens with zero attached hydrogens (tertiary/aromatic N) is 2. The summed E-state index contributed by atoms with van der Waals surface area (Å²) < 4.78 is 45.6. The second-order valence-electron chi connectivity index (χ2n) is 7.83. The van der Waals surface area contributed by atoms with Gasteiger partial charge in [0.15, 0.2) is 0 Å². The minimum Gasteiger partial charge on any atom is -0.494 e. The smallest absolute Gasteiger partial charge is 0.418 e. The van der Waals surface area contributed by atoms with E-state index in [4.69, 9.17) is 4.74 Å². The van der Waals surface area contributed by atoms with Crippen LogP contribution in [0.1, 0.15) is 29.5 Å². The molecule has 0 N–H and O–H groups in total. The summed E-state index contributed by atoms with van der Waals surface area (Å²) >= 11 is 0. The number of alkyl halides is 3. The molecule has 0 atom stereocenters. The third-order valence-electron chi connectivity index (χ3n) is 5.88. The summed E-state index contributed by atoms with van der Waals surface area (Å²) in [6, 6.07) is 12.3. The molecule has 0 unspecified atom stereocenters. The zero-order chi connectivity index (χ0) is 20.3. The molecule has 1 fully saturated rings. The number of piperazine rings is 1. The van der Waals surface area contributed by atoms with E-state index in [9.17, 15) is 13.2 Å². The summed E-state index contributed by atoms with van der Waals surface area (Å²) in [6.07, 6.45) is 0.153. The van der Waals surface area contributed by atoms with Gasteiger partial charge in [0.25, 0.3) is 0 Å². The molecule has 0 amide bonds. The summed E-state index contributed by atoms with van der Waals surface area (Å²) in [5, 5.41) is 0. The van der Waals surface area contributed by atoms with Crippen LogP contribution in [0.3, 0.4) is 0 Å². The monoisotopic (exact) mass is 404 g/mol. The number of rotatable bonds is 6. The number of para-hydroxylation sites is 1. The van der Waals surface area contributed by atoms with Gasteiger partial charge in [0.2, 0.25) is 0 Å². The Bertz CT molecular complexity index is 829. The average molecular weight is 404 g/mol. The van der Waals surface area contributed by atoms with Crippen LogP contribution in [0.2, 0.25) is 0 Å². The molecule has 2 aromatic rings. The summed E-state index contributed by atoms with van der Waals surface area (Å²) in [5.41, 5.74) is 2.61. The number of anilines is 1. The van der Waals surface area contributed by atoms with Gasteiger partial charge in [-0.1, -0.05) is 18.2 Å². The Morgan fingerprint density at radius 1 is 0.897 bits per heavy atom. The van der Waals surface area contributed by atoms with Crippen molar-refractivity contribution < 1.29 is 17.9 Å². The van der Waals surface area contributed by atoms with Gasteiger partial charge >= 0.3 is 6.18 Å². The average Bonchev–Trinajstić information content (AvgIpc) is 3.19. The molecule has 2 aliphatic rings. The molecule has 0 spiro atoms. The normalized spacial score (nSPS) is 17.4. The molecule has 1 aliphatic carbocycles. The van der Waals surface area contributed by atoms with Crippen LogP contribution in [0.15, 0.2) is 42.5 Å². The third kappa shape index (κ3) is 4.86. The second kappa shape index (κ2) is 8.66. The lowest BCUT2D eigenvalue weighted by Crippen LogP contribution is -2.47. The Kier molecular flexibility index (Phi) is 5.99. The van der Waals surface area contributed by atoms with Crippen molar-refractivity contribution in [2.45, 2.75) is 31.9 Å². The fourth-order valence-electron chi connectivity index (χ4n) is 4.32. The van der Waals surface area contributed by atoms with Gasteiger partial charge in [-0.3, -0.25) is 4.90 Å². The zero-order valence-corrected chi connectivity index (χ0v) is 16.5. The van der Waals surface area contributed by atoms with E-state index in [2.05, 4.69) is 23.1 Å². The van der Waals surface area contributed by atoms with Gasteiger partial charge in [-0.05, 0) is 61.1 Å². The maximum atomic E-state index is 13.2. The number of fused-ring (bicyclic) bond motifs is 1. The van der Waals surface area contributed by atoms with E-state index >= 15 is 0 Å². The van der Waals surface area contributed by atoms with E-state index in [-0.39, 0.29) is 0 Å². The molecule has 1 saturated heterocycles. The van der Waals surface area contributed by atoms with Crippen molar-refractivity contribution in [2.75, 3.05) is 44.2 Å². The molecule has 4 rings (SSSR count). The maximum absolute atomic E-state index is 13.2. The summed E-state index contributed by atoms with van der Waals surface area (Å²) in [7, 11) is 0. The zero-order valence-electron chi connectivity index (χ0n) is 16.5. The highest BCUT2D eigenvalue weighted by molar-refractivity contribution is 5.55. The number of hydrogen-bond acceptors (Lipinski definition) is 3. The molecule has 0 bridgehead atoms. The molecular weight excluding hydrogens is 377 g/mol. The van der Waals surface area contributed by atoms with E-state index in [1.807, 2.05) is 4.90 Å². The first-order valence-electron chi connectivity index (χ1n) is 10.4. The molecule has 29 heavy (non-hydrogen) atoms. The van der Waals surface area contributed by atoms with Gasteiger partial charge in [0.1, 0.15) is 5.75 Å². The van der Waals surface area contributed by atoms with Crippen molar-refractivity contribution in [3.8, 4) is 5.75 Å². The minimum absolute atomic E-state index is 0.291. The standard InChI is InChI=1S/C23H27F3N2O/c24-23(25,26)21-7-1-2-8-22(21)28-14-12-27(13-15-28)11-4-16-29-20-10-9-18-5-3-6-19(18)17-20/h1-2,7-10,17H,3-6,11-16H2. The fraction of sp³-hybridized carbons (Fsp3) is 0.478. The van der Waals surface area contributed by atoms with Gasteiger partial charge in [0.05, 0.1) is 12.2 Å². The van der Waals surface area contributed by atoms with E-state index in [0.29, 0.717) is 25.4 Å². The predicted molar refractivity (Wildman–Crippen MR) is 109 cm³/mol. The molecule has 0 aromatic heterocycles. The molecule has 0 radical (unpaired) electrons. The molecule has 156 valence electrons. The predicted octanol–water partition coefficient (Wildman–Crippen LogP) is 4.79. The Hall–Kier alpha value is -2.21. The van der Waals surface area contributed by atoms with Crippen molar-refractivity contribution in [2.24, 2.45) is 0 Å². The molecule has 0 saturated carbocycles. The molecule has 1 aliphatic heterocycles. The Labute approximate surface area is 170 Å². The first-order valence-corrected chi connectivity index (χ1v) is 10.4. The fourth-order valence-corrected chi connectivity index (χ4v) is 4.32. The largest absolute Gasteiger partial charge is 0.494 e. The lowest BCUT2D eigenvalue weighted by molar-refractivity contribution is -0.137. The van der Waals surface area contributed by atoms with Gasteiger partial charge < -0.3 is 9.64 Å². The molecule has 3 nitrogen and oxygen atoms in total. The van der Waals surface area contributed by atoms with Gasteiger partial charge in [-0.15, -0.1) is 0 Å². The van der Waals surface area contributed by atoms with Crippen molar-refractivity contribution >= 4 is 5.69 Å². The van der Waals surface area contributed by atoms with Crippen LogP contribution in [0.4, 0.5) is 18.9 Å².